The molecule has 2 heterocycles. The van der Waals surface area contributed by atoms with Gasteiger partial charge in [0.2, 0.25) is 0 Å². The Morgan fingerprint density at radius 3 is 2.78 bits per heavy atom. The number of carbonyl (C=O) groups excluding carboxylic acids is 2. The topological polar surface area (TPSA) is 60.7 Å². The highest BCUT2D eigenvalue weighted by Gasteiger charge is 2.12. The van der Waals surface area contributed by atoms with Gasteiger partial charge in [0.05, 0.1) is 27.8 Å². The van der Waals surface area contributed by atoms with Gasteiger partial charge in [-0.05, 0) is 36.6 Å². The van der Waals surface area contributed by atoms with Gasteiger partial charge in [0.25, 0.3) is 5.91 Å². The third-order valence-corrected chi connectivity index (χ3v) is 5.25. The monoisotopic (exact) mass is 346 g/mol. The number of carbonyl (C=O) groups is 2. The van der Waals surface area contributed by atoms with E-state index in [0.29, 0.717) is 21.8 Å². The summed E-state index contributed by atoms with van der Waals surface area (Å²) in [4.78, 5) is 29.3. The number of fused-ring (bicyclic) bond motifs is 1. The number of esters is 1. The summed E-state index contributed by atoms with van der Waals surface area (Å²) in [7, 11) is 1.35. The van der Waals surface area contributed by atoms with Crippen molar-refractivity contribution < 1.29 is 14.3 Å². The Bertz CT molecular complexity index is 936. The summed E-state index contributed by atoms with van der Waals surface area (Å²) in [5.41, 5.74) is 1.43. The van der Waals surface area contributed by atoms with Crippen LogP contribution in [0.2, 0.25) is 0 Å². The minimum absolute atomic E-state index is 0.248. The number of aryl methyl sites for hydroxylation is 1. The zero-order valence-electron chi connectivity index (χ0n) is 12.6. The van der Waals surface area contributed by atoms with Gasteiger partial charge in [-0.2, -0.15) is 4.99 Å². The first-order valence-corrected chi connectivity index (χ1v) is 8.68. The lowest BCUT2D eigenvalue weighted by Gasteiger charge is -2.01. The summed E-state index contributed by atoms with van der Waals surface area (Å²) in [6.45, 7) is 2.68. The van der Waals surface area contributed by atoms with Crippen LogP contribution in [-0.2, 0) is 11.3 Å². The van der Waals surface area contributed by atoms with E-state index in [-0.39, 0.29) is 11.9 Å². The van der Waals surface area contributed by atoms with Crippen LogP contribution in [-0.4, -0.2) is 23.6 Å². The van der Waals surface area contributed by atoms with Crippen LogP contribution in [0.15, 0.2) is 40.7 Å². The van der Waals surface area contributed by atoms with Crippen LogP contribution in [0, 0.1) is 0 Å². The number of nitrogens with zero attached hydrogens (tertiary/aromatic N) is 2. The lowest BCUT2D eigenvalue weighted by atomic mass is 10.2. The number of aromatic nitrogens is 1. The molecule has 1 aromatic carbocycles. The number of thiophene rings is 1. The number of hydrogen-bond donors (Lipinski definition) is 0. The van der Waals surface area contributed by atoms with Crippen molar-refractivity contribution in [1.29, 1.82) is 0 Å². The van der Waals surface area contributed by atoms with Crippen molar-refractivity contribution in [3.63, 3.8) is 0 Å². The SMILES string of the molecule is CCn1c(=NC(=O)c2cccs2)sc2cc(C(=O)OC)ccc21. The molecule has 0 N–H and O–H groups in total. The van der Waals surface area contributed by atoms with Crippen LogP contribution in [0.4, 0.5) is 0 Å². The van der Waals surface area contributed by atoms with Crippen LogP contribution >= 0.6 is 22.7 Å². The molecule has 2 aromatic heterocycles. The smallest absolute Gasteiger partial charge is 0.337 e. The van der Waals surface area contributed by atoms with Gasteiger partial charge in [-0.3, -0.25) is 4.79 Å². The molecule has 0 aliphatic heterocycles. The number of hydrogen-bond acceptors (Lipinski definition) is 5. The van der Waals surface area contributed by atoms with E-state index in [0.717, 1.165) is 10.2 Å². The largest absolute Gasteiger partial charge is 0.465 e. The summed E-state index contributed by atoms with van der Waals surface area (Å²) in [6, 6.07) is 8.94. The molecule has 0 aliphatic rings. The van der Waals surface area contributed by atoms with Crippen LogP contribution in [0.3, 0.4) is 0 Å². The van der Waals surface area contributed by atoms with E-state index in [4.69, 9.17) is 4.74 Å². The van der Waals surface area contributed by atoms with Crippen molar-refractivity contribution in [2.24, 2.45) is 4.99 Å². The highest BCUT2D eigenvalue weighted by atomic mass is 32.1. The third kappa shape index (κ3) is 2.97. The summed E-state index contributed by atoms with van der Waals surface area (Å²) < 4.78 is 7.61. The fourth-order valence-electron chi connectivity index (χ4n) is 2.25. The molecule has 0 atom stereocenters. The second kappa shape index (κ2) is 6.47. The highest BCUT2D eigenvalue weighted by Crippen LogP contribution is 2.20. The highest BCUT2D eigenvalue weighted by molar-refractivity contribution is 7.16. The molecule has 0 saturated carbocycles. The normalized spacial score (nSPS) is 11.8. The van der Waals surface area contributed by atoms with E-state index in [2.05, 4.69) is 4.99 Å². The Kier molecular flexibility index (Phi) is 4.40. The molecule has 0 unspecified atom stereocenters. The maximum Gasteiger partial charge on any atom is 0.337 e. The quantitative estimate of drug-likeness (QED) is 0.684. The predicted octanol–water partition coefficient (Wildman–Crippen LogP) is 3.31. The first-order valence-electron chi connectivity index (χ1n) is 6.98. The van der Waals surface area contributed by atoms with Crippen molar-refractivity contribution in [1.82, 2.24) is 4.57 Å². The van der Waals surface area contributed by atoms with Gasteiger partial charge in [-0.25, -0.2) is 4.79 Å². The van der Waals surface area contributed by atoms with Crippen LogP contribution in [0.5, 0.6) is 0 Å². The fourth-order valence-corrected chi connectivity index (χ4v) is 3.99. The molecule has 1 amide bonds. The van der Waals surface area contributed by atoms with E-state index >= 15 is 0 Å². The van der Waals surface area contributed by atoms with Crippen molar-refractivity contribution in [3.05, 3.63) is 51.0 Å². The fraction of sp³-hybridized carbons (Fsp3) is 0.188. The van der Waals surface area contributed by atoms with Crippen molar-refractivity contribution in [2.75, 3.05) is 7.11 Å². The lowest BCUT2D eigenvalue weighted by molar-refractivity contribution is 0.0601. The molecule has 5 nitrogen and oxygen atoms in total. The molecule has 3 aromatic rings. The van der Waals surface area contributed by atoms with Crippen LogP contribution < -0.4 is 4.80 Å². The third-order valence-electron chi connectivity index (χ3n) is 3.35. The minimum Gasteiger partial charge on any atom is -0.465 e. The Morgan fingerprint density at radius 1 is 1.30 bits per heavy atom. The number of rotatable bonds is 3. The van der Waals surface area contributed by atoms with Crippen molar-refractivity contribution in [3.8, 4) is 0 Å². The van der Waals surface area contributed by atoms with E-state index in [1.807, 2.05) is 29.0 Å². The second-order valence-corrected chi connectivity index (χ2v) is 6.65. The molecule has 7 heteroatoms. The average Bonchev–Trinajstić information content (AvgIpc) is 3.20. The van der Waals surface area contributed by atoms with E-state index in [1.54, 1.807) is 18.2 Å². The van der Waals surface area contributed by atoms with Gasteiger partial charge < -0.3 is 9.30 Å². The predicted molar refractivity (Wildman–Crippen MR) is 91.0 cm³/mol. The van der Waals surface area contributed by atoms with Gasteiger partial charge in [-0.15, -0.1) is 11.3 Å². The minimum atomic E-state index is -0.378. The number of methoxy groups -OCH3 is 1. The van der Waals surface area contributed by atoms with E-state index in [9.17, 15) is 9.59 Å². The zero-order chi connectivity index (χ0) is 16.4. The first kappa shape index (κ1) is 15.6. The molecule has 23 heavy (non-hydrogen) atoms. The van der Waals surface area contributed by atoms with E-state index in [1.165, 1.54) is 29.8 Å². The standard InChI is InChI=1S/C16H14N2O3S2/c1-3-18-11-7-6-10(15(20)21-2)9-13(11)23-16(18)17-14(19)12-5-4-8-22-12/h4-9H,3H2,1-2H3. The zero-order valence-corrected chi connectivity index (χ0v) is 14.2. The first-order chi connectivity index (χ1) is 11.1. The molecule has 3 rings (SSSR count). The molecule has 0 bridgehead atoms. The van der Waals surface area contributed by atoms with Crippen LogP contribution in [0.25, 0.3) is 10.2 Å². The van der Waals surface area contributed by atoms with Gasteiger partial charge in [-0.1, -0.05) is 17.4 Å². The van der Waals surface area contributed by atoms with Gasteiger partial charge in [0.15, 0.2) is 4.80 Å². The molecular weight excluding hydrogens is 332 g/mol. The summed E-state index contributed by atoms with van der Waals surface area (Å²) in [6.07, 6.45) is 0. The average molecular weight is 346 g/mol. The Balaban J connectivity index is 2.13. The van der Waals surface area contributed by atoms with Gasteiger partial charge in [0.1, 0.15) is 0 Å². The molecule has 118 valence electrons. The van der Waals surface area contributed by atoms with Crippen molar-refractivity contribution in [2.45, 2.75) is 13.5 Å². The maximum absolute atomic E-state index is 12.2. The second-order valence-electron chi connectivity index (χ2n) is 4.70. The summed E-state index contributed by atoms with van der Waals surface area (Å²) in [5.74, 6) is -0.626. The molecule has 0 radical (unpaired) electrons. The molecule has 0 fully saturated rings. The number of benzene rings is 1. The Morgan fingerprint density at radius 2 is 2.13 bits per heavy atom. The number of ether oxygens (including phenoxy) is 1. The Labute approximate surface area is 140 Å². The van der Waals surface area contributed by atoms with Gasteiger partial charge in [0, 0.05) is 6.54 Å². The molecular formula is C16H14N2O3S2. The number of amides is 1. The lowest BCUT2D eigenvalue weighted by Crippen LogP contribution is -2.15. The molecule has 0 spiro atoms. The van der Waals surface area contributed by atoms with E-state index < -0.39 is 0 Å². The summed E-state index contributed by atoms with van der Waals surface area (Å²) >= 11 is 2.76. The number of thiazole rings is 1. The van der Waals surface area contributed by atoms with Crippen LogP contribution in [0.1, 0.15) is 27.0 Å². The molecule has 0 aliphatic carbocycles. The van der Waals surface area contributed by atoms with Gasteiger partial charge >= 0.3 is 5.97 Å². The van der Waals surface area contributed by atoms with Crippen molar-refractivity contribution >= 4 is 44.8 Å². The summed E-state index contributed by atoms with van der Waals surface area (Å²) in [5, 5.41) is 1.85. The maximum atomic E-state index is 12.2. The Hall–Kier alpha value is -2.25. The molecule has 0 saturated heterocycles.